The minimum Gasteiger partial charge on any atom is -0.325 e. The molecule has 1 aromatic carbocycles. The molecule has 0 bridgehead atoms. The summed E-state index contributed by atoms with van der Waals surface area (Å²) in [5.41, 5.74) is 0.583. The van der Waals surface area contributed by atoms with Crippen LogP contribution in [0, 0.1) is 0 Å². The Balaban J connectivity index is 1.94. The van der Waals surface area contributed by atoms with Gasteiger partial charge in [-0.05, 0) is 49.7 Å². The number of sulfone groups is 1. The monoisotopic (exact) mass is 352 g/mol. The van der Waals surface area contributed by atoms with Crippen molar-refractivity contribution in [3.8, 4) is 0 Å². The van der Waals surface area contributed by atoms with Gasteiger partial charge in [-0.2, -0.15) is 0 Å². The minimum atomic E-state index is -3.22. The number of rotatable bonds is 6. The Morgan fingerprint density at radius 3 is 2.43 bits per heavy atom. The smallest absolute Gasteiger partial charge is 0.238 e. The average molecular weight is 352 g/mol. The Kier molecular flexibility index (Phi) is 5.56. The van der Waals surface area contributed by atoms with Crippen molar-refractivity contribution in [2.75, 3.05) is 25.2 Å². The molecule has 0 aliphatic carbocycles. The van der Waals surface area contributed by atoms with Crippen molar-refractivity contribution in [2.24, 2.45) is 0 Å². The van der Waals surface area contributed by atoms with Crippen molar-refractivity contribution >= 4 is 32.8 Å². The molecule has 7 heteroatoms. The van der Waals surface area contributed by atoms with Crippen LogP contribution in [0.5, 0.6) is 0 Å². The zero-order valence-electron chi connectivity index (χ0n) is 13.3. The van der Waals surface area contributed by atoms with Gasteiger partial charge in [-0.15, -0.1) is 11.3 Å². The van der Waals surface area contributed by atoms with Crippen LogP contribution in [-0.2, 0) is 14.6 Å². The van der Waals surface area contributed by atoms with Crippen LogP contribution < -0.4 is 5.32 Å². The van der Waals surface area contributed by atoms with Crippen molar-refractivity contribution < 1.29 is 13.2 Å². The first-order valence-electron chi connectivity index (χ1n) is 7.11. The number of thiophene rings is 1. The summed E-state index contributed by atoms with van der Waals surface area (Å²) in [7, 11) is -1.32. The summed E-state index contributed by atoms with van der Waals surface area (Å²) in [4.78, 5) is 15.5. The molecule has 124 valence electrons. The predicted octanol–water partition coefficient (Wildman–Crippen LogP) is 2.78. The molecule has 1 amide bonds. The lowest BCUT2D eigenvalue weighted by atomic mass is 10.2. The van der Waals surface area contributed by atoms with E-state index >= 15 is 0 Å². The molecule has 0 spiro atoms. The maximum Gasteiger partial charge on any atom is 0.238 e. The first kappa shape index (κ1) is 17.7. The second-order valence-corrected chi connectivity index (χ2v) is 8.45. The Bertz CT molecular complexity index is 753. The fourth-order valence-electron chi connectivity index (χ4n) is 2.10. The van der Waals surface area contributed by atoms with Crippen LogP contribution in [0.15, 0.2) is 46.7 Å². The van der Waals surface area contributed by atoms with E-state index in [4.69, 9.17) is 0 Å². The first-order chi connectivity index (χ1) is 10.8. The Labute approximate surface area is 140 Å². The minimum absolute atomic E-state index is 0.136. The zero-order valence-corrected chi connectivity index (χ0v) is 14.9. The summed E-state index contributed by atoms with van der Waals surface area (Å²) in [6.45, 7) is 2.31. The van der Waals surface area contributed by atoms with E-state index in [1.807, 2.05) is 29.5 Å². The summed E-state index contributed by atoms with van der Waals surface area (Å²) in [5, 5.41) is 4.80. The summed E-state index contributed by atoms with van der Waals surface area (Å²) in [6.07, 6.45) is 1.15. The van der Waals surface area contributed by atoms with Crippen LogP contribution in [-0.4, -0.2) is 39.1 Å². The number of nitrogens with one attached hydrogen (secondary N) is 1. The van der Waals surface area contributed by atoms with Crippen LogP contribution >= 0.6 is 11.3 Å². The molecule has 23 heavy (non-hydrogen) atoms. The SMILES string of the molecule is CC(c1cccs1)N(C)CC(=O)Nc1ccc(S(C)(=O)=O)cc1. The highest BCUT2D eigenvalue weighted by molar-refractivity contribution is 7.90. The van der Waals surface area contributed by atoms with Gasteiger partial charge < -0.3 is 5.32 Å². The number of carbonyl (C=O) groups is 1. The molecule has 1 aromatic heterocycles. The standard InChI is InChI=1S/C16H20N2O3S2/c1-12(15-5-4-10-22-15)18(2)11-16(19)17-13-6-8-14(9-7-13)23(3,20)21/h4-10,12H,11H2,1-3H3,(H,17,19). The number of anilines is 1. The van der Waals surface area contributed by atoms with Gasteiger partial charge in [-0.25, -0.2) is 8.42 Å². The maximum atomic E-state index is 12.1. The van der Waals surface area contributed by atoms with Crippen LogP contribution in [0.3, 0.4) is 0 Å². The van der Waals surface area contributed by atoms with Crippen LogP contribution in [0.1, 0.15) is 17.8 Å². The van der Waals surface area contributed by atoms with Gasteiger partial charge in [0.05, 0.1) is 11.4 Å². The fourth-order valence-corrected chi connectivity index (χ4v) is 3.57. The Morgan fingerprint density at radius 2 is 1.91 bits per heavy atom. The highest BCUT2D eigenvalue weighted by Crippen LogP contribution is 2.23. The van der Waals surface area contributed by atoms with Crippen molar-refractivity contribution in [2.45, 2.75) is 17.9 Å². The molecule has 0 aliphatic heterocycles. The largest absolute Gasteiger partial charge is 0.325 e. The van der Waals surface area contributed by atoms with Gasteiger partial charge in [-0.3, -0.25) is 9.69 Å². The Morgan fingerprint density at radius 1 is 1.26 bits per heavy atom. The molecule has 0 radical (unpaired) electrons. The lowest BCUT2D eigenvalue weighted by Crippen LogP contribution is -2.31. The summed E-state index contributed by atoms with van der Waals surface area (Å²) in [6, 6.07) is 10.4. The number of carbonyl (C=O) groups excluding carboxylic acids is 1. The zero-order chi connectivity index (χ0) is 17.0. The van der Waals surface area contributed by atoms with Gasteiger partial charge in [-0.1, -0.05) is 6.07 Å². The number of hydrogen-bond donors (Lipinski definition) is 1. The van der Waals surface area contributed by atoms with Gasteiger partial charge in [0.2, 0.25) is 5.91 Å². The number of amides is 1. The van der Waals surface area contributed by atoms with E-state index in [0.717, 1.165) is 6.26 Å². The topological polar surface area (TPSA) is 66.5 Å². The van der Waals surface area contributed by atoms with Gasteiger partial charge in [0.1, 0.15) is 0 Å². The molecule has 2 rings (SSSR count). The normalized spacial score (nSPS) is 13.0. The quantitative estimate of drug-likeness (QED) is 0.868. The molecule has 2 aromatic rings. The van der Waals surface area contributed by atoms with Crippen LogP contribution in [0.2, 0.25) is 0 Å². The van der Waals surface area contributed by atoms with E-state index in [1.165, 1.54) is 17.0 Å². The molecule has 0 saturated heterocycles. The van der Waals surface area contributed by atoms with Crippen molar-refractivity contribution in [1.82, 2.24) is 4.90 Å². The average Bonchev–Trinajstić information content (AvgIpc) is 3.00. The molecular formula is C16H20N2O3S2. The molecule has 1 N–H and O–H groups in total. The number of benzene rings is 1. The summed E-state index contributed by atoms with van der Waals surface area (Å²) >= 11 is 1.66. The number of hydrogen-bond acceptors (Lipinski definition) is 5. The van der Waals surface area contributed by atoms with Crippen LogP contribution in [0.4, 0.5) is 5.69 Å². The summed E-state index contributed by atoms with van der Waals surface area (Å²) in [5.74, 6) is -0.136. The van der Waals surface area contributed by atoms with Crippen molar-refractivity contribution in [1.29, 1.82) is 0 Å². The molecule has 5 nitrogen and oxygen atoms in total. The van der Waals surface area contributed by atoms with Crippen molar-refractivity contribution in [3.05, 3.63) is 46.7 Å². The third-order valence-electron chi connectivity index (χ3n) is 3.58. The molecule has 1 atom stereocenters. The third kappa shape index (κ3) is 4.89. The van der Waals surface area contributed by atoms with E-state index in [0.29, 0.717) is 5.69 Å². The third-order valence-corrected chi connectivity index (χ3v) is 5.75. The van der Waals surface area contributed by atoms with Gasteiger partial charge in [0, 0.05) is 22.9 Å². The lowest BCUT2D eigenvalue weighted by Gasteiger charge is -2.23. The molecule has 0 aliphatic rings. The molecular weight excluding hydrogens is 332 g/mol. The van der Waals surface area contributed by atoms with Gasteiger partial charge in [0.25, 0.3) is 0 Å². The van der Waals surface area contributed by atoms with E-state index < -0.39 is 9.84 Å². The second kappa shape index (κ2) is 7.25. The molecule has 1 heterocycles. The molecule has 0 fully saturated rings. The maximum absolute atomic E-state index is 12.1. The van der Waals surface area contributed by atoms with E-state index in [2.05, 4.69) is 12.2 Å². The van der Waals surface area contributed by atoms with Gasteiger partial charge in [0.15, 0.2) is 9.84 Å². The molecule has 0 saturated carbocycles. The highest BCUT2D eigenvalue weighted by atomic mass is 32.2. The number of nitrogens with zero attached hydrogens (tertiary/aromatic N) is 1. The van der Waals surface area contributed by atoms with Crippen LogP contribution in [0.25, 0.3) is 0 Å². The Hall–Kier alpha value is -1.70. The van der Waals surface area contributed by atoms with Gasteiger partial charge >= 0.3 is 0 Å². The fraction of sp³-hybridized carbons (Fsp3) is 0.312. The predicted molar refractivity (Wildman–Crippen MR) is 93.5 cm³/mol. The van der Waals surface area contributed by atoms with Crippen molar-refractivity contribution in [3.63, 3.8) is 0 Å². The van der Waals surface area contributed by atoms with E-state index in [9.17, 15) is 13.2 Å². The molecule has 1 unspecified atom stereocenters. The lowest BCUT2D eigenvalue weighted by molar-refractivity contribution is -0.117. The highest BCUT2D eigenvalue weighted by Gasteiger charge is 2.16. The number of likely N-dealkylation sites (N-methyl/N-ethyl adjacent to an activating group) is 1. The second-order valence-electron chi connectivity index (χ2n) is 5.45. The van der Waals surface area contributed by atoms with E-state index in [-0.39, 0.29) is 23.4 Å². The first-order valence-corrected chi connectivity index (χ1v) is 9.88. The van der Waals surface area contributed by atoms with E-state index in [1.54, 1.807) is 23.5 Å². The summed E-state index contributed by atoms with van der Waals surface area (Å²) < 4.78 is 22.8.